The molecule has 0 aliphatic heterocycles. The van der Waals surface area contributed by atoms with E-state index in [0.717, 1.165) is 45.3 Å². The molecule has 0 saturated carbocycles. The van der Waals surface area contributed by atoms with Gasteiger partial charge in [0.05, 0.1) is 11.1 Å². The molecule has 1 N–H and O–H groups in total. The molecule has 28 heavy (non-hydrogen) atoms. The molecule has 0 saturated heterocycles. The van der Waals surface area contributed by atoms with Crippen molar-refractivity contribution in [3.63, 3.8) is 0 Å². The normalized spacial score (nSPS) is 10.9. The lowest BCUT2D eigenvalue weighted by atomic mass is 9.95. The third-order valence-corrected chi connectivity index (χ3v) is 4.85. The Morgan fingerprint density at radius 2 is 1.68 bits per heavy atom. The van der Waals surface area contributed by atoms with Gasteiger partial charge in [-0.25, -0.2) is 9.18 Å². The van der Waals surface area contributed by atoms with Crippen molar-refractivity contribution in [1.29, 1.82) is 0 Å². The van der Waals surface area contributed by atoms with Gasteiger partial charge in [0.1, 0.15) is 5.82 Å². The molecule has 4 rings (SSSR count). The molecule has 4 heteroatoms. The van der Waals surface area contributed by atoms with Crippen LogP contribution in [0.25, 0.3) is 33.2 Å². The number of carboxylic acid groups (broad SMARTS) is 1. The van der Waals surface area contributed by atoms with Crippen molar-refractivity contribution in [2.45, 2.75) is 13.3 Å². The average molecular weight is 371 g/mol. The van der Waals surface area contributed by atoms with E-state index in [2.05, 4.69) is 6.07 Å². The molecule has 0 amide bonds. The Hall–Kier alpha value is -3.53. The number of aromatic carboxylic acids is 1. The van der Waals surface area contributed by atoms with Gasteiger partial charge in [-0.3, -0.25) is 4.98 Å². The van der Waals surface area contributed by atoms with Crippen LogP contribution in [0, 0.1) is 5.82 Å². The van der Waals surface area contributed by atoms with Crippen LogP contribution in [0.1, 0.15) is 23.0 Å². The minimum absolute atomic E-state index is 0.246. The molecule has 3 nitrogen and oxygen atoms in total. The third-order valence-electron chi connectivity index (χ3n) is 4.85. The number of carbonyl (C=O) groups is 1. The summed E-state index contributed by atoms with van der Waals surface area (Å²) in [6.45, 7) is 2.03. The molecule has 0 radical (unpaired) electrons. The number of aromatic nitrogens is 1. The maximum atomic E-state index is 13.8. The van der Waals surface area contributed by atoms with Crippen molar-refractivity contribution in [2.75, 3.05) is 0 Å². The number of aryl methyl sites for hydroxylation is 1. The van der Waals surface area contributed by atoms with E-state index in [1.54, 1.807) is 30.3 Å². The van der Waals surface area contributed by atoms with E-state index < -0.39 is 5.97 Å². The summed E-state index contributed by atoms with van der Waals surface area (Å²) in [4.78, 5) is 15.9. The fourth-order valence-electron chi connectivity index (χ4n) is 3.46. The summed E-state index contributed by atoms with van der Waals surface area (Å²) >= 11 is 0. The summed E-state index contributed by atoms with van der Waals surface area (Å²) in [5, 5.41) is 10.1. The number of rotatable bonds is 4. The van der Waals surface area contributed by atoms with E-state index in [4.69, 9.17) is 10.1 Å². The van der Waals surface area contributed by atoms with Crippen molar-refractivity contribution in [3.8, 4) is 22.3 Å². The second-order valence-corrected chi connectivity index (χ2v) is 6.60. The number of halogens is 1. The summed E-state index contributed by atoms with van der Waals surface area (Å²) in [6, 6.07) is 21.3. The first kappa shape index (κ1) is 17.9. The maximum Gasteiger partial charge on any atom is 0.335 e. The largest absolute Gasteiger partial charge is 0.478 e. The average Bonchev–Trinajstić information content (AvgIpc) is 2.72. The molecular formula is C24H18FNO2. The van der Waals surface area contributed by atoms with Crippen molar-refractivity contribution in [2.24, 2.45) is 0 Å². The fraction of sp³-hybridized carbons (Fsp3) is 0.0833. The molecule has 3 aromatic carbocycles. The molecule has 0 aliphatic rings. The van der Waals surface area contributed by atoms with Crippen molar-refractivity contribution < 1.29 is 14.3 Å². The minimum Gasteiger partial charge on any atom is -0.478 e. The first-order chi connectivity index (χ1) is 13.6. The zero-order chi connectivity index (χ0) is 19.7. The number of hydrogen-bond donors (Lipinski definition) is 1. The van der Waals surface area contributed by atoms with Crippen molar-refractivity contribution >= 4 is 16.9 Å². The van der Waals surface area contributed by atoms with Crippen molar-refractivity contribution in [1.82, 2.24) is 4.98 Å². The van der Waals surface area contributed by atoms with Crippen LogP contribution in [0.5, 0.6) is 0 Å². The van der Waals surface area contributed by atoms with Crippen LogP contribution in [-0.4, -0.2) is 16.1 Å². The van der Waals surface area contributed by atoms with Crippen LogP contribution >= 0.6 is 0 Å². The van der Waals surface area contributed by atoms with Crippen LogP contribution in [-0.2, 0) is 6.42 Å². The second-order valence-electron chi connectivity index (χ2n) is 6.60. The van der Waals surface area contributed by atoms with E-state index in [1.807, 2.05) is 31.2 Å². The van der Waals surface area contributed by atoms with Crippen LogP contribution in [0.15, 0.2) is 72.8 Å². The summed E-state index contributed by atoms with van der Waals surface area (Å²) in [7, 11) is 0. The molecule has 0 atom stereocenters. The number of benzene rings is 3. The molecule has 138 valence electrons. The summed E-state index contributed by atoms with van der Waals surface area (Å²) in [5.41, 5.74) is 5.59. The molecule has 0 bridgehead atoms. The van der Waals surface area contributed by atoms with Gasteiger partial charge in [0, 0.05) is 16.6 Å². The maximum absolute atomic E-state index is 13.8. The van der Waals surface area contributed by atoms with Gasteiger partial charge in [-0.2, -0.15) is 0 Å². The quantitative estimate of drug-likeness (QED) is 0.481. The molecule has 1 heterocycles. The Labute approximate surface area is 162 Å². The van der Waals surface area contributed by atoms with Gasteiger partial charge in [-0.15, -0.1) is 0 Å². The standard InChI is InChI=1S/C24H18FNO2/c1-2-22-20(17-5-3-6-18(25)13-17)14-21-19(7-4-8-23(21)26-22)15-9-11-16(12-10-15)24(27)28/h3-14H,2H2,1H3,(H,27,28). The zero-order valence-corrected chi connectivity index (χ0v) is 15.3. The van der Waals surface area contributed by atoms with E-state index in [0.29, 0.717) is 0 Å². The minimum atomic E-state index is -0.952. The van der Waals surface area contributed by atoms with E-state index in [9.17, 15) is 9.18 Å². The number of nitrogens with zero attached hydrogens (tertiary/aromatic N) is 1. The van der Waals surface area contributed by atoms with E-state index in [-0.39, 0.29) is 11.4 Å². The highest BCUT2D eigenvalue weighted by atomic mass is 19.1. The lowest BCUT2D eigenvalue weighted by molar-refractivity contribution is 0.0697. The molecule has 0 aliphatic carbocycles. The topological polar surface area (TPSA) is 50.2 Å². The predicted octanol–water partition coefficient (Wildman–Crippen LogP) is 5.97. The van der Waals surface area contributed by atoms with Crippen LogP contribution in [0.3, 0.4) is 0 Å². The molecule has 4 aromatic rings. The van der Waals surface area contributed by atoms with E-state index >= 15 is 0 Å². The third kappa shape index (κ3) is 3.25. The number of carboxylic acids is 1. The van der Waals surface area contributed by atoms with Crippen LogP contribution in [0.4, 0.5) is 4.39 Å². The highest BCUT2D eigenvalue weighted by Gasteiger charge is 2.12. The lowest BCUT2D eigenvalue weighted by Gasteiger charge is -2.13. The van der Waals surface area contributed by atoms with Gasteiger partial charge in [-0.05, 0) is 59.5 Å². The van der Waals surface area contributed by atoms with Crippen LogP contribution in [0.2, 0.25) is 0 Å². The van der Waals surface area contributed by atoms with Gasteiger partial charge in [0.25, 0.3) is 0 Å². The van der Waals surface area contributed by atoms with Gasteiger partial charge < -0.3 is 5.11 Å². The Bertz CT molecular complexity index is 1180. The van der Waals surface area contributed by atoms with Gasteiger partial charge in [-0.1, -0.05) is 43.3 Å². The number of pyridine rings is 1. The molecule has 0 fully saturated rings. The molecule has 0 unspecified atom stereocenters. The number of hydrogen-bond acceptors (Lipinski definition) is 2. The Kier molecular flexibility index (Phi) is 4.62. The number of fused-ring (bicyclic) bond motifs is 1. The monoisotopic (exact) mass is 371 g/mol. The first-order valence-electron chi connectivity index (χ1n) is 9.09. The van der Waals surface area contributed by atoms with Gasteiger partial charge in [0.2, 0.25) is 0 Å². The van der Waals surface area contributed by atoms with Gasteiger partial charge in [0.15, 0.2) is 0 Å². The fourth-order valence-corrected chi connectivity index (χ4v) is 3.46. The second kappa shape index (κ2) is 7.24. The lowest BCUT2D eigenvalue weighted by Crippen LogP contribution is -1.96. The van der Waals surface area contributed by atoms with Crippen molar-refractivity contribution in [3.05, 3.63) is 89.9 Å². The zero-order valence-electron chi connectivity index (χ0n) is 15.3. The highest BCUT2D eigenvalue weighted by Crippen LogP contribution is 2.33. The van der Waals surface area contributed by atoms with E-state index in [1.165, 1.54) is 12.1 Å². The summed E-state index contributed by atoms with van der Waals surface area (Å²) in [6.07, 6.45) is 0.735. The predicted molar refractivity (Wildman–Crippen MR) is 109 cm³/mol. The molecule has 0 spiro atoms. The Balaban J connectivity index is 1.93. The Morgan fingerprint density at radius 3 is 2.36 bits per heavy atom. The molecule has 1 aromatic heterocycles. The van der Waals surface area contributed by atoms with Gasteiger partial charge >= 0.3 is 5.97 Å². The SMILES string of the molecule is CCc1nc2cccc(-c3ccc(C(=O)O)cc3)c2cc1-c1cccc(F)c1. The highest BCUT2D eigenvalue weighted by molar-refractivity contribution is 5.98. The Morgan fingerprint density at radius 1 is 0.929 bits per heavy atom. The summed E-state index contributed by atoms with van der Waals surface area (Å²) in [5.74, 6) is -1.23. The first-order valence-corrected chi connectivity index (χ1v) is 9.09. The summed E-state index contributed by atoms with van der Waals surface area (Å²) < 4.78 is 13.8. The van der Waals surface area contributed by atoms with Crippen LogP contribution < -0.4 is 0 Å². The molecular weight excluding hydrogens is 353 g/mol. The smallest absolute Gasteiger partial charge is 0.335 e.